The molecule has 1 saturated heterocycles. The third kappa shape index (κ3) is 5.97. The Kier molecular flexibility index (Phi) is 7.68. The molecule has 1 aromatic carbocycles. The number of esters is 3. The van der Waals surface area contributed by atoms with Crippen LogP contribution in [0, 0.1) is 5.82 Å². The van der Waals surface area contributed by atoms with Gasteiger partial charge in [-0.25, -0.2) is 4.39 Å². The van der Waals surface area contributed by atoms with Crippen molar-refractivity contribution < 1.29 is 37.7 Å². The molecule has 0 saturated carbocycles. The van der Waals surface area contributed by atoms with Crippen molar-refractivity contribution in [2.75, 3.05) is 5.75 Å². The van der Waals surface area contributed by atoms with Crippen LogP contribution in [0.1, 0.15) is 20.8 Å². The highest BCUT2D eigenvalue weighted by molar-refractivity contribution is 7.99. The van der Waals surface area contributed by atoms with Crippen molar-refractivity contribution in [3.8, 4) is 16.9 Å². The predicted octanol–water partition coefficient (Wildman–Crippen LogP) is 3.13. The van der Waals surface area contributed by atoms with Gasteiger partial charge in [0.15, 0.2) is 23.7 Å². The first-order chi connectivity index (χ1) is 15.2. The third-order valence-corrected chi connectivity index (χ3v) is 5.70. The van der Waals surface area contributed by atoms with Crippen LogP contribution in [0.25, 0.3) is 11.1 Å². The van der Waals surface area contributed by atoms with Gasteiger partial charge in [-0.15, -0.1) is 11.8 Å². The van der Waals surface area contributed by atoms with Crippen molar-refractivity contribution in [1.82, 2.24) is 4.98 Å². The van der Waals surface area contributed by atoms with Gasteiger partial charge in [-0.05, 0) is 29.8 Å². The van der Waals surface area contributed by atoms with Crippen molar-refractivity contribution in [2.45, 2.75) is 44.5 Å². The average molecular weight is 463 g/mol. The molecule has 1 aliphatic rings. The largest absolute Gasteiger partial charge is 0.475 e. The minimum atomic E-state index is -1.10. The highest BCUT2D eigenvalue weighted by Gasteiger charge is 2.47. The molecule has 0 amide bonds. The van der Waals surface area contributed by atoms with Gasteiger partial charge in [0.25, 0.3) is 0 Å². The lowest BCUT2D eigenvalue weighted by Crippen LogP contribution is -2.55. The minimum absolute atomic E-state index is 0.207. The van der Waals surface area contributed by atoms with E-state index in [1.165, 1.54) is 44.7 Å². The van der Waals surface area contributed by atoms with Crippen LogP contribution < -0.4 is 4.74 Å². The lowest BCUT2D eigenvalue weighted by atomic mass is 10.1. The van der Waals surface area contributed by atoms with Crippen LogP contribution in [0.3, 0.4) is 0 Å². The molecule has 1 aliphatic heterocycles. The topological polar surface area (TPSA) is 101 Å². The smallest absolute Gasteiger partial charge is 0.303 e. The maximum absolute atomic E-state index is 14.1. The number of rotatable bonds is 6. The summed E-state index contributed by atoms with van der Waals surface area (Å²) < 4.78 is 36.2. The SMILES string of the molecule is CC(=O)O[C@@H]1[C@@H](OC(C)=O)[C@H](OC(C)=O)CS[C@H]1Oc1cc(F)ccc1-c1ccncc1. The number of thioether (sulfide) groups is 1. The molecule has 2 heterocycles. The van der Waals surface area contributed by atoms with E-state index in [9.17, 15) is 18.8 Å². The van der Waals surface area contributed by atoms with Crippen molar-refractivity contribution in [1.29, 1.82) is 0 Å². The lowest BCUT2D eigenvalue weighted by molar-refractivity contribution is -0.186. The van der Waals surface area contributed by atoms with Gasteiger partial charge in [0.1, 0.15) is 11.6 Å². The number of hydrogen-bond donors (Lipinski definition) is 0. The number of aromatic nitrogens is 1. The summed E-state index contributed by atoms with van der Waals surface area (Å²) in [6.07, 6.45) is 0.148. The Bertz CT molecular complexity index is 987. The standard InChI is InChI=1S/C22H22FNO7S/c1-12(25)28-19-11-32-22(21(30-14(3)27)20(19)29-13(2)26)31-18-10-16(23)4-5-17(18)15-6-8-24-9-7-15/h4-10,19-22H,11H2,1-3H3/t19-,20+,21-,22-/m1/s1. The Morgan fingerprint density at radius 3 is 2.19 bits per heavy atom. The van der Waals surface area contributed by atoms with Gasteiger partial charge in [-0.2, -0.15) is 0 Å². The van der Waals surface area contributed by atoms with Crippen LogP contribution in [0.5, 0.6) is 5.75 Å². The van der Waals surface area contributed by atoms with E-state index in [0.29, 0.717) is 5.56 Å². The molecule has 0 aliphatic carbocycles. The molecule has 32 heavy (non-hydrogen) atoms. The van der Waals surface area contributed by atoms with Crippen molar-refractivity contribution in [3.63, 3.8) is 0 Å². The van der Waals surface area contributed by atoms with Gasteiger partial charge in [0.05, 0.1) is 0 Å². The Labute approximate surface area is 188 Å². The highest BCUT2D eigenvalue weighted by atomic mass is 32.2. The second kappa shape index (κ2) is 10.4. The Balaban J connectivity index is 1.96. The summed E-state index contributed by atoms with van der Waals surface area (Å²) in [7, 11) is 0. The normalized spacial score (nSPS) is 22.5. The monoisotopic (exact) mass is 463 g/mol. The van der Waals surface area contributed by atoms with Crippen molar-refractivity contribution in [2.24, 2.45) is 0 Å². The van der Waals surface area contributed by atoms with Crippen LogP contribution in [-0.2, 0) is 28.6 Å². The summed E-state index contributed by atoms with van der Waals surface area (Å²) in [5.74, 6) is -1.95. The van der Waals surface area contributed by atoms with Crippen LogP contribution in [0.4, 0.5) is 4.39 Å². The molecular formula is C22H22FNO7S. The van der Waals surface area contributed by atoms with E-state index in [4.69, 9.17) is 18.9 Å². The van der Waals surface area contributed by atoms with E-state index in [1.54, 1.807) is 30.6 Å². The second-order valence-electron chi connectivity index (χ2n) is 6.99. The fourth-order valence-corrected chi connectivity index (χ4v) is 4.51. The zero-order valence-electron chi connectivity index (χ0n) is 17.6. The first-order valence-electron chi connectivity index (χ1n) is 9.74. The molecule has 0 spiro atoms. The van der Waals surface area contributed by atoms with E-state index in [-0.39, 0.29) is 11.5 Å². The molecule has 4 atom stereocenters. The summed E-state index contributed by atoms with van der Waals surface area (Å²) in [5, 5.41) is 0. The molecule has 1 aromatic heterocycles. The Hall–Kier alpha value is -3.14. The molecular weight excluding hydrogens is 441 g/mol. The highest BCUT2D eigenvalue weighted by Crippen LogP contribution is 2.38. The molecule has 8 nitrogen and oxygen atoms in total. The van der Waals surface area contributed by atoms with E-state index < -0.39 is 47.5 Å². The van der Waals surface area contributed by atoms with E-state index in [1.807, 2.05) is 0 Å². The molecule has 1 fully saturated rings. The van der Waals surface area contributed by atoms with E-state index in [0.717, 1.165) is 5.56 Å². The third-order valence-electron chi connectivity index (χ3n) is 4.48. The summed E-state index contributed by atoms with van der Waals surface area (Å²) in [4.78, 5) is 39.0. The van der Waals surface area contributed by atoms with E-state index in [2.05, 4.69) is 4.98 Å². The maximum atomic E-state index is 14.1. The number of benzene rings is 1. The van der Waals surface area contributed by atoms with Gasteiger partial charge in [0, 0.05) is 50.5 Å². The molecule has 2 aromatic rings. The quantitative estimate of drug-likeness (QED) is 0.472. The predicted molar refractivity (Wildman–Crippen MR) is 113 cm³/mol. The summed E-state index contributed by atoms with van der Waals surface area (Å²) >= 11 is 1.20. The molecule has 0 bridgehead atoms. The number of hydrogen-bond acceptors (Lipinski definition) is 9. The summed E-state index contributed by atoms with van der Waals surface area (Å²) in [6.45, 7) is 3.63. The molecule has 0 N–H and O–H groups in total. The number of nitrogens with zero attached hydrogens (tertiary/aromatic N) is 1. The summed E-state index contributed by atoms with van der Waals surface area (Å²) in [6, 6.07) is 7.59. The maximum Gasteiger partial charge on any atom is 0.303 e. The van der Waals surface area contributed by atoms with Gasteiger partial charge >= 0.3 is 17.9 Å². The molecule has 0 unspecified atom stereocenters. The minimum Gasteiger partial charge on any atom is -0.475 e. The number of halogens is 1. The Morgan fingerprint density at radius 1 is 0.938 bits per heavy atom. The second-order valence-corrected chi connectivity index (χ2v) is 8.12. The average Bonchev–Trinajstić information content (AvgIpc) is 2.72. The zero-order chi connectivity index (χ0) is 23.3. The van der Waals surface area contributed by atoms with Crippen LogP contribution in [0.2, 0.25) is 0 Å². The number of ether oxygens (including phenoxy) is 4. The lowest BCUT2D eigenvalue weighted by Gasteiger charge is -2.40. The fraction of sp³-hybridized carbons (Fsp3) is 0.364. The first-order valence-corrected chi connectivity index (χ1v) is 10.8. The molecule has 3 rings (SSSR count). The Morgan fingerprint density at radius 2 is 1.56 bits per heavy atom. The molecule has 0 radical (unpaired) electrons. The number of carbonyl (C=O) groups excluding carboxylic acids is 3. The number of carbonyl (C=O) groups is 3. The van der Waals surface area contributed by atoms with Crippen LogP contribution >= 0.6 is 11.8 Å². The van der Waals surface area contributed by atoms with Crippen molar-refractivity contribution >= 4 is 29.7 Å². The van der Waals surface area contributed by atoms with Gasteiger partial charge < -0.3 is 18.9 Å². The van der Waals surface area contributed by atoms with Gasteiger partial charge in [-0.1, -0.05) is 0 Å². The van der Waals surface area contributed by atoms with Gasteiger partial charge in [-0.3, -0.25) is 19.4 Å². The van der Waals surface area contributed by atoms with E-state index >= 15 is 0 Å². The fourth-order valence-electron chi connectivity index (χ4n) is 3.30. The zero-order valence-corrected chi connectivity index (χ0v) is 18.5. The molecule has 10 heteroatoms. The van der Waals surface area contributed by atoms with Crippen molar-refractivity contribution in [3.05, 3.63) is 48.5 Å². The van der Waals surface area contributed by atoms with Crippen LogP contribution in [0.15, 0.2) is 42.7 Å². The summed E-state index contributed by atoms with van der Waals surface area (Å²) in [5.41, 5.74) is 0.480. The molecule has 170 valence electrons. The van der Waals surface area contributed by atoms with Gasteiger partial charge in [0.2, 0.25) is 0 Å². The first kappa shape index (κ1) is 23.5. The van der Waals surface area contributed by atoms with Crippen LogP contribution in [-0.4, -0.2) is 52.4 Å². The number of pyridine rings is 1.